The van der Waals surface area contributed by atoms with Crippen molar-refractivity contribution in [3.05, 3.63) is 29.3 Å². The lowest BCUT2D eigenvalue weighted by molar-refractivity contribution is 0.176. The third-order valence-corrected chi connectivity index (χ3v) is 5.42. The molecule has 1 saturated carbocycles. The predicted octanol–water partition coefficient (Wildman–Crippen LogP) is 3.89. The van der Waals surface area contributed by atoms with Gasteiger partial charge in [0.15, 0.2) is 0 Å². The van der Waals surface area contributed by atoms with E-state index in [2.05, 4.69) is 57.8 Å². The van der Waals surface area contributed by atoms with E-state index in [4.69, 9.17) is 5.73 Å². The molecule has 0 saturated heterocycles. The number of likely N-dealkylation sites (N-methyl/N-ethyl adjacent to an activating group) is 1. The quantitative estimate of drug-likeness (QED) is 0.906. The molecule has 1 aromatic rings. The molecule has 20 heavy (non-hydrogen) atoms. The van der Waals surface area contributed by atoms with E-state index in [1.165, 1.54) is 36.1 Å². The molecule has 0 bridgehead atoms. The van der Waals surface area contributed by atoms with Crippen LogP contribution in [0.5, 0.6) is 0 Å². The van der Waals surface area contributed by atoms with Crippen molar-refractivity contribution in [3.8, 4) is 0 Å². The zero-order valence-electron chi connectivity index (χ0n) is 13.7. The van der Waals surface area contributed by atoms with E-state index in [0.29, 0.717) is 0 Å². The van der Waals surface area contributed by atoms with Crippen LogP contribution in [-0.4, -0.2) is 19.1 Å². The first-order valence-corrected chi connectivity index (χ1v) is 7.90. The minimum absolute atomic E-state index is 0.131. The van der Waals surface area contributed by atoms with Crippen molar-refractivity contribution < 1.29 is 0 Å². The van der Waals surface area contributed by atoms with Crippen molar-refractivity contribution >= 4 is 5.69 Å². The largest absolute Gasteiger partial charge is 0.368 e. The third-order valence-electron chi connectivity index (χ3n) is 5.42. The van der Waals surface area contributed by atoms with Crippen molar-refractivity contribution in [1.29, 1.82) is 0 Å². The summed E-state index contributed by atoms with van der Waals surface area (Å²) in [7, 11) is 2.23. The van der Waals surface area contributed by atoms with E-state index in [1.807, 2.05) is 0 Å². The highest BCUT2D eigenvalue weighted by Crippen LogP contribution is 2.40. The Morgan fingerprint density at radius 1 is 1.15 bits per heavy atom. The zero-order chi connectivity index (χ0) is 14.9. The summed E-state index contributed by atoms with van der Waals surface area (Å²) in [6, 6.07) is 6.80. The lowest BCUT2D eigenvalue weighted by Gasteiger charge is -2.49. The summed E-state index contributed by atoms with van der Waals surface area (Å²) in [5, 5.41) is 0. The number of aryl methyl sites for hydroxylation is 2. The van der Waals surface area contributed by atoms with Crippen LogP contribution in [-0.2, 0) is 0 Å². The Kier molecular flexibility index (Phi) is 4.43. The van der Waals surface area contributed by atoms with Crippen LogP contribution in [0.25, 0.3) is 0 Å². The van der Waals surface area contributed by atoms with Crippen molar-refractivity contribution in [2.75, 3.05) is 18.5 Å². The summed E-state index contributed by atoms with van der Waals surface area (Å²) < 4.78 is 0. The molecule has 0 amide bonds. The van der Waals surface area contributed by atoms with Gasteiger partial charge < -0.3 is 10.6 Å². The molecule has 0 spiro atoms. The van der Waals surface area contributed by atoms with Crippen molar-refractivity contribution in [2.45, 2.75) is 52.5 Å². The van der Waals surface area contributed by atoms with Crippen LogP contribution >= 0.6 is 0 Å². The van der Waals surface area contributed by atoms with Crippen molar-refractivity contribution in [2.24, 2.45) is 17.6 Å². The topological polar surface area (TPSA) is 29.3 Å². The lowest BCUT2D eigenvalue weighted by atomic mass is 9.70. The van der Waals surface area contributed by atoms with Gasteiger partial charge in [0, 0.05) is 19.3 Å². The number of nitrogens with zero attached hydrogens (tertiary/aromatic N) is 1. The molecule has 3 atom stereocenters. The molecule has 1 aliphatic rings. The Morgan fingerprint density at radius 2 is 1.75 bits per heavy atom. The van der Waals surface area contributed by atoms with Crippen LogP contribution in [0.3, 0.4) is 0 Å². The van der Waals surface area contributed by atoms with Crippen LogP contribution < -0.4 is 10.6 Å². The monoisotopic (exact) mass is 274 g/mol. The minimum Gasteiger partial charge on any atom is -0.368 e. The van der Waals surface area contributed by atoms with Crippen LogP contribution in [0.15, 0.2) is 18.2 Å². The molecule has 2 N–H and O–H groups in total. The fourth-order valence-electron chi connectivity index (χ4n) is 3.73. The van der Waals surface area contributed by atoms with Gasteiger partial charge in [0.1, 0.15) is 0 Å². The van der Waals surface area contributed by atoms with Crippen LogP contribution in [0.2, 0.25) is 0 Å². The second kappa shape index (κ2) is 5.77. The normalized spacial score (nSPS) is 30.3. The molecule has 2 heteroatoms. The molecule has 0 radical (unpaired) electrons. The summed E-state index contributed by atoms with van der Waals surface area (Å²) >= 11 is 0. The molecule has 1 fully saturated rings. The third kappa shape index (κ3) is 2.85. The molecule has 3 unspecified atom stereocenters. The fraction of sp³-hybridized carbons (Fsp3) is 0.667. The first-order chi connectivity index (χ1) is 9.38. The number of anilines is 1. The molecule has 0 heterocycles. The van der Waals surface area contributed by atoms with Gasteiger partial charge in [-0.25, -0.2) is 0 Å². The predicted molar refractivity (Wildman–Crippen MR) is 88.3 cm³/mol. The molecular formula is C18H30N2. The van der Waals surface area contributed by atoms with Crippen molar-refractivity contribution in [3.63, 3.8) is 0 Å². The Hall–Kier alpha value is -1.02. The highest BCUT2D eigenvalue weighted by atomic mass is 15.2. The summed E-state index contributed by atoms with van der Waals surface area (Å²) in [5.74, 6) is 1.57. The molecule has 1 aromatic carbocycles. The number of hydrogen-bond acceptors (Lipinski definition) is 2. The Bertz CT molecular complexity index is 448. The van der Waals surface area contributed by atoms with Gasteiger partial charge in [0.25, 0.3) is 0 Å². The maximum absolute atomic E-state index is 6.22. The fourth-order valence-corrected chi connectivity index (χ4v) is 3.73. The molecule has 2 nitrogen and oxygen atoms in total. The molecular weight excluding hydrogens is 244 g/mol. The van der Waals surface area contributed by atoms with Gasteiger partial charge in [-0.2, -0.15) is 0 Å². The lowest BCUT2D eigenvalue weighted by Crippen LogP contribution is -2.56. The van der Waals surface area contributed by atoms with Gasteiger partial charge >= 0.3 is 0 Å². The highest BCUT2D eigenvalue weighted by Gasteiger charge is 2.40. The molecule has 1 aliphatic carbocycles. The Morgan fingerprint density at radius 3 is 2.25 bits per heavy atom. The second-order valence-corrected chi connectivity index (χ2v) is 7.03. The first kappa shape index (κ1) is 15.4. The number of hydrogen-bond donors (Lipinski definition) is 1. The summed E-state index contributed by atoms with van der Waals surface area (Å²) in [6.07, 6.45) is 3.69. The average Bonchev–Trinajstić information content (AvgIpc) is 2.40. The average molecular weight is 274 g/mol. The van der Waals surface area contributed by atoms with Crippen LogP contribution in [0.1, 0.15) is 44.2 Å². The van der Waals surface area contributed by atoms with Crippen molar-refractivity contribution in [1.82, 2.24) is 0 Å². The van der Waals surface area contributed by atoms with Gasteiger partial charge in [-0.15, -0.1) is 0 Å². The van der Waals surface area contributed by atoms with Gasteiger partial charge in [0.2, 0.25) is 0 Å². The van der Waals surface area contributed by atoms with Gasteiger partial charge in [-0.3, -0.25) is 0 Å². The number of nitrogens with two attached hydrogens (primary N) is 1. The molecule has 0 aliphatic heterocycles. The first-order valence-electron chi connectivity index (χ1n) is 7.90. The summed E-state index contributed by atoms with van der Waals surface area (Å²) in [4.78, 5) is 2.45. The van der Waals surface area contributed by atoms with E-state index in [-0.39, 0.29) is 5.54 Å². The summed E-state index contributed by atoms with van der Waals surface area (Å²) in [5.41, 5.74) is 10.3. The zero-order valence-corrected chi connectivity index (χ0v) is 13.7. The summed E-state index contributed by atoms with van der Waals surface area (Å²) in [6.45, 7) is 9.84. The van der Waals surface area contributed by atoms with E-state index >= 15 is 0 Å². The molecule has 0 aromatic heterocycles. The minimum atomic E-state index is 0.131. The molecule has 112 valence electrons. The SMILES string of the molecule is Cc1cc(C)cc(N(C)C2(CN)CCC(C)C(C)C2)c1. The highest BCUT2D eigenvalue weighted by molar-refractivity contribution is 5.52. The number of benzene rings is 1. The van der Waals surface area contributed by atoms with Gasteiger partial charge in [-0.1, -0.05) is 19.9 Å². The smallest absolute Gasteiger partial charge is 0.0523 e. The van der Waals surface area contributed by atoms with E-state index in [0.717, 1.165) is 18.4 Å². The number of rotatable bonds is 3. The Labute approximate surface area is 124 Å². The maximum atomic E-state index is 6.22. The second-order valence-electron chi connectivity index (χ2n) is 7.03. The van der Waals surface area contributed by atoms with E-state index in [9.17, 15) is 0 Å². The van der Waals surface area contributed by atoms with Crippen LogP contribution in [0.4, 0.5) is 5.69 Å². The van der Waals surface area contributed by atoms with E-state index in [1.54, 1.807) is 0 Å². The Balaban J connectivity index is 2.31. The van der Waals surface area contributed by atoms with E-state index < -0.39 is 0 Å². The standard InChI is InChI=1S/C18H30N2/c1-13-8-14(2)10-17(9-13)20(5)18(12-19)7-6-15(3)16(4)11-18/h8-10,15-16H,6-7,11-12,19H2,1-5H3. The molecule has 2 rings (SSSR count). The maximum Gasteiger partial charge on any atom is 0.0523 e. The van der Waals surface area contributed by atoms with Gasteiger partial charge in [0.05, 0.1) is 5.54 Å². The van der Waals surface area contributed by atoms with Gasteiger partial charge in [-0.05, 0) is 68.2 Å². The van der Waals surface area contributed by atoms with Crippen LogP contribution in [0, 0.1) is 25.7 Å².